The van der Waals surface area contributed by atoms with Gasteiger partial charge in [-0.25, -0.2) is 17.9 Å². The fourth-order valence-electron chi connectivity index (χ4n) is 4.92. The number of hydrogen-bond acceptors (Lipinski definition) is 4. The number of likely N-dealkylation sites (tertiary alicyclic amines) is 2. The van der Waals surface area contributed by atoms with Crippen molar-refractivity contribution < 1.29 is 17.9 Å². The van der Waals surface area contributed by atoms with Crippen LogP contribution in [0.5, 0.6) is 0 Å². The molecule has 166 valence electrons. The van der Waals surface area contributed by atoms with Crippen LogP contribution in [0.25, 0.3) is 0 Å². The number of rotatable bonds is 6. The lowest BCUT2D eigenvalue weighted by molar-refractivity contribution is -0.00404. The van der Waals surface area contributed by atoms with E-state index in [-0.39, 0.29) is 24.2 Å². The molecular formula is C22H33N3O4S. The van der Waals surface area contributed by atoms with Gasteiger partial charge in [-0.15, -0.1) is 0 Å². The predicted molar refractivity (Wildman–Crippen MR) is 116 cm³/mol. The number of nitrogens with zero attached hydrogens (tertiary/aromatic N) is 2. The van der Waals surface area contributed by atoms with Crippen LogP contribution in [-0.2, 0) is 14.8 Å². The minimum Gasteiger partial charge on any atom is -0.376 e. The molecule has 7 nitrogen and oxygen atoms in total. The summed E-state index contributed by atoms with van der Waals surface area (Å²) in [4.78, 5) is 16.5. The third-order valence-corrected chi connectivity index (χ3v) is 7.46. The number of carbonyl (C=O) groups is 1. The lowest BCUT2D eigenvalue weighted by atomic mass is 9.83. The highest BCUT2D eigenvalue weighted by Crippen LogP contribution is 2.34. The SMILES string of the molecule is CS(=O)(=O)N[C@@H]1CCN(C(=O)N2CCC2)[C@@H]1COC1CCC(c2ccccc2)CC1. The molecule has 1 saturated carbocycles. The van der Waals surface area contributed by atoms with Gasteiger partial charge < -0.3 is 14.5 Å². The van der Waals surface area contributed by atoms with Crippen molar-refractivity contribution in [1.29, 1.82) is 0 Å². The van der Waals surface area contributed by atoms with Crippen molar-refractivity contribution in [2.75, 3.05) is 32.5 Å². The fraction of sp³-hybridized carbons (Fsp3) is 0.682. The van der Waals surface area contributed by atoms with Crippen LogP contribution in [-0.4, -0.2) is 74.9 Å². The monoisotopic (exact) mass is 435 g/mol. The molecule has 0 aromatic heterocycles. The zero-order chi connectivity index (χ0) is 21.1. The summed E-state index contributed by atoms with van der Waals surface area (Å²) >= 11 is 0. The number of amides is 2. The van der Waals surface area contributed by atoms with E-state index in [1.54, 1.807) is 0 Å². The second-order valence-electron chi connectivity index (χ2n) is 8.89. The quantitative estimate of drug-likeness (QED) is 0.745. The molecule has 1 aliphatic carbocycles. The molecule has 2 saturated heterocycles. The van der Waals surface area contributed by atoms with Crippen LogP contribution >= 0.6 is 0 Å². The first-order valence-corrected chi connectivity index (χ1v) is 13.0. The Balaban J connectivity index is 1.34. The van der Waals surface area contributed by atoms with E-state index in [0.717, 1.165) is 45.2 Å². The molecule has 0 radical (unpaired) electrons. The molecule has 1 N–H and O–H groups in total. The Morgan fingerprint density at radius 2 is 1.77 bits per heavy atom. The molecule has 8 heteroatoms. The van der Waals surface area contributed by atoms with Gasteiger partial charge in [-0.3, -0.25) is 0 Å². The summed E-state index contributed by atoms with van der Waals surface area (Å²) in [5.41, 5.74) is 1.40. The molecule has 1 aromatic carbocycles. The lowest BCUT2D eigenvalue weighted by Crippen LogP contribution is -2.55. The average Bonchev–Trinajstić information content (AvgIpc) is 3.07. The maximum absolute atomic E-state index is 12.8. The van der Waals surface area contributed by atoms with Gasteiger partial charge in [0.15, 0.2) is 0 Å². The Morgan fingerprint density at radius 1 is 1.07 bits per heavy atom. The number of sulfonamides is 1. The molecule has 30 heavy (non-hydrogen) atoms. The van der Waals surface area contributed by atoms with Gasteiger partial charge in [0.25, 0.3) is 0 Å². The first-order valence-electron chi connectivity index (χ1n) is 11.1. The van der Waals surface area contributed by atoms with Gasteiger partial charge in [-0.1, -0.05) is 30.3 Å². The van der Waals surface area contributed by atoms with Crippen molar-refractivity contribution >= 4 is 16.1 Å². The van der Waals surface area contributed by atoms with Crippen LogP contribution in [0.2, 0.25) is 0 Å². The second kappa shape index (κ2) is 9.24. The fourth-order valence-corrected chi connectivity index (χ4v) is 5.75. The second-order valence-corrected chi connectivity index (χ2v) is 10.7. The highest BCUT2D eigenvalue weighted by Gasteiger charge is 2.41. The molecule has 2 amide bonds. The highest BCUT2D eigenvalue weighted by atomic mass is 32.2. The molecule has 3 fully saturated rings. The number of hydrogen-bond donors (Lipinski definition) is 1. The van der Waals surface area contributed by atoms with Gasteiger partial charge >= 0.3 is 6.03 Å². The van der Waals surface area contributed by atoms with Crippen LogP contribution in [0.4, 0.5) is 4.79 Å². The van der Waals surface area contributed by atoms with E-state index in [1.165, 1.54) is 11.8 Å². The number of ether oxygens (including phenoxy) is 1. The van der Waals surface area contributed by atoms with Crippen LogP contribution in [0.15, 0.2) is 30.3 Å². The minimum atomic E-state index is -3.34. The summed E-state index contributed by atoms with van der Waals surface area (Å²) in [6.07, 6.45) is 7.20. The summed E-state index contributed by atoms with van der Waals surface area (Å²) < 4.78 is 32.6. The lowest BCUT2D eigenvalue weighted by Gasteiger charge is -2.38. The van der Waals surface area contributed by atoms with Gasteiger partial charge in [-0.2, -0.15) is 0 Å². The van der Waals surface area contributed by atoms with E-state index in [2.05, 4.69) is 29.0 Å². The summed E-state index contributed by atoms with van der Waals surface area (Å²) in [7, 11) is -3.34. The summed E-state index contributed by atoms with van der Waals surface area (Å²) in [6, 6.07) is 10.1. The summed E-state index contributed by atoms with van der Waals surface area (Å²) in [5, 5.41) is 0. The Kier molecular flexibility index (Phi) is 6.65. The number of benzene rings is 1. The Morgan fingerprint density at radius 3 is 2.37 bits per heavy atom. The molecule has 0 unspecified atom stereocenters. The molecule has 1 aromatic rings. The van der Waals surface area contributed by atoms with Crippen LogP contribution in [0.1, 0.15) is 50.0 Å². The maximum atomic E-state index is 12.8. The molecule has 3 aliphatic rings. The Hall–Kier alpha value is -1.64. The number of carbonyl (C=O) groups excluding carboxylic acids is 1. The third kappa shape index (κ3) is 5.15. The van der Waals surface area contributed by atoms with E-state index in [9.17, 15) is 13.2 Å². The first kappa shape index (κ1) is 21.6. The molecule has 0 spiro atoms. The molecule has 4 rings (SSSR count). The molecular weight excluding hydrogens is 402 g/mol. The smallest absolute Gasteiger partial charge is 0.320 e. The number of nitrogens with one attached hydrogen (secondary N) is 1. The standard InChI is InChI=1S/C22H33N3O4S/c1-30(27,28)23-20-12-15-25(22(26)24-13-5-14-24)21(20)16-29-19-10-8-18(9-11-19)17-6-3-2-4-7-17/h2-4,6-7,18-21,23H,5,8-16H2,1H3/t18?,19?,20-,21-/m1/s1. The van der Waals surface area contributed by atoms with Gasteiger partial charge in [-0.05, 0) is 50.0 Å². The summed E-state index contributed by atoms with van der Waals surface area (Å²) in [5.74, 6) is 0.585. The maximum Gasteiger partial charge on any atom is 0.320 e. The topological polar surface area (TPSA) is 79.0 Å². The van der Waals surface area contributed by atoms with E-state index in [4.69, 9.17) is 4.74 Å². The Bertz CT molecular complexity index is 820. The van der Waals surface area contributed by atoms with Crippen LogP contribution < -0.4 is 4.72 Å². The normalized spacial score (nSPS) is 29.6. The first-order chi connectivity index (χ1) is 14.4. The third-order valence-electron chi connectivity index (χ3n) is 6.73. The van der Waals surface area contributed by atoms with Crippen molar-refractivity contribution in [2.24, 2.45) is 0 Å². The van der Waals surface area contributed by atoms with E-state index >= 15 is 0 Å². The Labute approximate surface area is 179 Å². The van der Waals surface area contributed by atoms with Crippen LogP contribution in [0, 0.1) is 0 Å². The van der Waals surface area contributed by atoms with Crippen LogP contribution in [0.3, 0.4) is 0 Å². The van der Waals surface area contributed by atoms with Gasteiger partial charge in [0.1, 0.15) is 0 Å². The van der Waals surface area contributed by atoms with Crippen molar-refractivity contribution in [3.63, 3.8) is 0 Å². The zero-order valence-electron chi connectivity index (χ0n) is 17.7. The van der Waals surface area contributed by atoms with E-state index in [0.29, 0.717) is 25.5 Å². The van der Waals surface area contributed by atoms with E-state index in [1.807, 2.05) is 15.9 Å². The zero-order valence-corrected chi connectivity index (χ0v) is 18.5. The van der Waals surface area contributed by atoms with Crippen molar-refractivity contribution in [1.82, 2.24) is 14.5 Å². The molecule has 2 atom stereocenters. The van der Waals surface area contributed by atoms with Crippen molar-refractivity contribution in [2.45, 2.75) is 62.6 Å². The highest BCUT2D eigenvalue weighted by molar-refractivity contribution is 7.88. The van der Waals surface area contributed by atoms with Gasteiger partial charge in [0, 0.05) is 25.7 Å². The molecule has 0 bridgehead atoms. The predicted octanol–water partition coefficient (Wildman–Crippen LogP) is 2.55. The number of urea groups is 1. The summed E-state index contributed by atoms with van der Waals surface area (Å²) in [6.45, 7) is 2.53. The van der Waals surface area contributed by atoms with Crippen molar-refractivity contribution in [3.8, 4) is 0 Å². The van der Waals surface area contributed by atoms with Gasteiger partial charge in [0.2, 0.25) is 10.0 Å². The van der Waals surface area contributed by atoms with Gasteiger partial charge in [0.05, 0.1) is 25.0 Å². The van der Waals surface area contributed by atoms with E-state index < -0.39 is 10.0 Å². The molecule has 2 aliphatic heterocycles. The average molecular weight is 436 g/mol. The van der Waals surface area contributed by atoms with Crippen molar-refractivity contribution in [3.05, 3.63) is 35.9 Å². The molecule has 2 heterocycles. The largest absolute Gasteiger partial charge is 0.376 e. The minimum absolute atomic E-state index is 0.0143.